The third kappa shape index (κ3) is 3.57. The third-order valence-electron chi connectivity index (χ3n) is 2.77. The highest BCUT2D eigenvalue weighted by atomic mass is 79.9. The quantitative estimate of drug-likeness (QED) is 0.811. The van der Waals surface area contributed by atoms with Gasteiger partial charge in [0.05, 0.1) is 18.4 Å². The number of hydrogen-bond donors (Lipinski definition) is 0. The molecule has 1 aromatic heterocycles. The monoisotopic (exact) mass is 303 g/mol. The maximum absolute atomic E-state index is 12.3. The molecular weight excluding hydrogens is 286 g/mol. The van der Waals surface area contributed by atoms with Crippen LogP contribution < -0.4 is 0 Å². The van der Waals surface area contributed by atoms with E-state index >= 15 is 0 Å². The molecule has 0 fully saturated rings. The number of methoxy groups -OCH3 is 1. The Balaban J connectivity index is 2.82. The van der Waals surface area contributed by atoms with E-state index in [9.17, 15) is 4.79 Å². The maximum atomic E-state index is 12.3. The van der Waals surface area contributed by atoms with E-state index in [1.807, 2.05) is 6.92 Å². The van der Waals surface area contributed by atoms with Crippen molar-refractivity contribution in [2.75, 3.05) is 20.3 Å². The molecule has 1 rings (SSSR count). The molecule has 0 radical (unpaired) electrons. The Morgan fingerprint density at radius 2 is 2.35 bits per heavy atom. The van der Waals surface area contributed by atoms with Gasteiger partial charge in [0.1, 0.15) is 0 Å². The van der Waals surface area contributed by atoms with Crippen LogP contribution in [0.5, 0.6) is 0 Å². The number of rotatable bonds is 6. The second-order valence-corrected chi connectivity index (χ2v) is 4.58. The summed E-state index contributed by atoms with van der Waals surface area (Å²) in [5.41, 5.74) is 0.557. The first-order valence-electron chi connectivity index (χ1n) is 5.64. The summed E-state index contributed by atoms with van der Waals surface area (Å²) >= 11 is 3.23. The summed E-state index contributed by atoms with van der Waals surface area (Å²) < 4.78 is 10.6. The molecule has 0 aliphatic heterocycles. The van der Waals surface area contributed by atoms with Crippen LogP contribution in [0.1, 0.15) is 30.6 Å². The van der Waals surface area contributed by atoms with Crippen LogP contribution in [0.25, 0.3) is 0 Å². The number of ether oxygens (including phenoxy) is 1. The molecule has 5 heteroatoms. The molecule has 0 aliphatic rings. The predicted octanol–water partition coefficient (Wildman–Crippen LogP) is 2.93. The van der Waals surface area contributed by atoms with Crippen LogP contribution in [0.15, 0.2) is 21.4 Å². The van der Waals surface area contributed by atoms with Crippen LogP contribution in [0.2, 0.25) is 0 Å². The van der Waals surface area contributed by atoms with Gasteiger partial charge in [-0.05, 0) is 35.3 Å². The summed E-state index contributed by atoms with van der Waals surface area (Å²) in [6, 6.07) is 1.86. The van der Waals surface area contributed by atoms with Gasteiger partial charge in [-0.15, -0.1) is 0 Å². The van der Waals surface area contributed by atoms with Crippen molar-refractivity contribution in [2.24, 2.45) is 0 Å². The Labute approximate surface area is 110 Å². The maximum Gasteiger partial charge on any atom is 0.258 e. The van der Waals surface area contributed by atoms with E-state index in [4.69, 9.17) is 9.15 Å². The van der Waals surface area contributed by atoms with Crippen molar-refractivity contribution in [3.63, 3.8) is 0 Å². The van der Waals surface area contributed by atoms with Gasteiger partial charge < -0.3 is 14.1 Å². The van der Waals surface area contributed by atoms with Crippen molar-refractivity contribution in [3.05, 3.63) is 22.6 Å². The van der Waals surface area contributed by atoms with Crippen LogP contribution in [-0.4, -0.2) is 37.1 Å². The van der Waals surface area contributed by atoms with E-state index in [2.05, 4.69) is 22.9 Å². The summed E-state index contributed by atoms with van der Waals surface area (Å²) in [5, 5.41) is 0. The van der Waals surface area contributed by atoms with E-state index in [0.29, 0.717) is 23.4 Å². The lowest BCUT2D eigenvalue weighted by Gasteiger charge is -2.28. The van der Waals surface area contributed by atoms with Gasteiger partial charge in [0.25, 0.3) is 5.91 Å². The topological polar surface area (TPSA) is 42.7 Å². The molecule has 0 bridgehead atoms. The number of carbonyl (C=O) groups is 1. The number of hydrogen-bond acceptors (Lipinski definition) is 3. The zero-order valence-electron chi connectivity index (χ0n) is 10.4. The molecule has 1 aromatic rings. The van der Waals surface area contributed by atoms with Gasteiger partial charge in [0, 0.05) is 19.7 Å². The first kappa shape index (κ1) is 14.3. The van der Waals surface area contributed by atoms with Crippen LogP contribution in [0, 0.1) is 0 Å². The Morgan fingerprint density at radius 3 is 2.82 bits per heavy atom. The van der Waals surface area contributed by atoms with Crippen LogP contribution in [-0.2, 0) is 4.74 Å². The van der Waals surface area contributed by atoms with Crippen LogP contribution in [0.4, 0.5) is 0 Å². The second kappa shape index (κ2) is 6.81. The van der Waals surface area contributed by atoms with Crippen LogP contribution in [0.3, 0.4) is 0 Å². The van der Waals surface area contributed by atoms with Crippen molar-refractivity contribution < 1.29 is 13.9 Å². The van der Waals surface area contributed by atoms with Crippen molar-refractivity contribution in [1.29, 1.82) is 0 Å². The summed E-state index contributed by atoms with van der Waals surface area (Å²) in [5.74, 6) is -0.0305. The normalized spacial score (nSPS) is 12.5. The molecule has 0 saturated carbocycles. The Bertz CT molecular complexity index is 364. The molecule has 0 aromatic carbocycles. The first-order valence-corrected chi connectivity index (χ1v) is 6.44. The average molecular weight is 304 g/mol. The van der Waals surface area contributed by atoms with Gasteiger partial charge >= 0.3 is 0 Å². The van der Waals surface area contributed by atoms with Crippen LogP contribution >= 0.6 is 15.9 Å². The Hall–Kier alpha value is -0.810. The minimum Gasteiger partial charge on any atom is -0.457 e. The van der Waals surface area contributed by atoms with E-state index in [1.54, 1.807) is 18.1 Å². The smallest absolute Gasteiger partial charge is 0.258 e. The average Bonchev–Trinajstić information content (AvgIpc) is 2.75. The van der Waals surface area contributed by atoms with Gasteiger partial charge in [-0.2, -0.15) is 0 Å². The molecule has 4 nitrogen and oxygen atoms in total. The number of amides is 1. The minimum atomic E-state index is -0.0305. The van der Waals surface area contributed by atoms with Gasteiger partial charge in [-0.3, -0.25) is 4.79 Å². The highest BCUT2D eigenvalue weighted by Crippen LogP contribution is 2.20. The fourth-order valence-electron chi connectivity index (χ4n) is 1.53. The van der Waals surface area contributed by atoms with Gasteiger partial charge in [-0.1, -0.05) is 6.92 Å². The Kier molecular flexibility index (Phi) is 5.71. The highest BCUT2D eigenvalue weighted by molar-refractivity contribution is 9.10. The summed E-state index contributed by atoms with van der Waals surface area (Å²) in [6.45, 7) is 5.21. The lowest BCUT2D eigenvalue weighted by atomic mass is 10.2. The molecular formula is C12H18BrNO3. The molecule has 0 saturated heterocycles. The molecule has 1 unspecified atom stereocenters. The number of carbonyl (C=O) groups excluding carboxylic acids is 1. The zero-order chi connectivity index (χ0) is 12.8. The fourth-order valence-corrected chi connectivity index (χ4v) is 1.94. The lowest BCUT2D eigenvalue weighted by molar-refractivity contribution is 0.0612. The van der Waals surface area contributed by atoms with E-state index in [0.717, 1.165) is 6.42 Å². The zero-order valence-corrected chi connectivity index (χ0v) is 12.0. The minimum absolute atomic E-state index is 0.0305. The number of nitrogens with zero attached hydrogens (tertiary/aromatic N) is 1. The van der Waals surface area contributed by atoms with Crippen molar-refractivity contribution >= 4 is 21.8 Å². The molecule has 17 heavy (non-hydrogen) atoms. The van der Waals surface area contributed by atoms with E-state index in [-0.39, 0.29) is 11.9 Å². The van der Waals surface area contributed by atoms with Crippen molar-refractivity contribution in [1.82, 2.24) is 4.90 Å². The van der Waals surface area contributed by atoms with E-state index in [1.165, 1.54) is 6.26 Å². The van der Waals surface area contributed by atoms with Crippen molar-refractivity contribution in [3.8, 4) is 0 Å². The molecule has 96 valence electrons. The number of halogens is 1. The molecule has 0 N–H and O–H groups in total. The molecule has 1 amide bonds. The number of furan rings is 1. The largest absolute Gasteiger partial charge is 0.457 e. The SMILES string of the molecule is CCC(C)N(CCOC)C(=O)c1ccoc1Br. The predicted molar refractivity (Wildman–Crippen MR) is 69.1 cm³/mol. The molecule has 0 aliphatic carbocycles. The van der Waals surface area contributed by atoms with Gasteiger partial charge in [0.15, 0.2) is 4.67 Å². The fraction of sp³-hybridized carbons (Fsp3) is 0.583. The molecule has 1 heterocycles. The summed E-state index contributed by atoms with van der Waals surface area (Å²) in [6.07, 6.45) is 2.41. The second-order valence-electron chi connectivity index (χ2n) is 3.86. The third-order valence-corrected chi connectivity index (χ3v) is 3.38. The molecule has 0 spiro atoms. The standard InChI is InChI=1S/C12H18BrNO3/c1-4-9(2)14(6-8-16-3)12(15)10-5-7-17-11(10)13/h5,7,9H,4,6,8H2,1-3H3. The Morgan fingerprint density at radius 1 is 1.65 bits per heavy atom. The first-order chi connectivity index (χ1) is 8.11. The summed E-state index contributed by atoms with van der Waals surface area (Å²) in [4.78, 5) is 14.1. The molecule has 1 atom stereocenters. The van der Waals surface area contributed by atoms with Gasteiger partial charge in [0.2, 0.25) is 0 Å². The van der Waals surface area contributed by atoms with Gasteiger partial charge in [-0.25, -0.2) is 0 Å². The van der Waals surface area contributed by atoms with E-state index < -0.39 is 0 Å². The highest BCUT2D eigenvalue weighted by Gasteiger charge is 2.23. The summed E-state index contributed by atoms with van der Waals surface area (Å²) in [7, 11) is 1.63. The lowest BCUT2D eigenvalue weighted by Crippen LogP contribution is -2.40. The van der Waals surface area contributed by atoms with Crippen molar-refractivity contribution in [2.45, 2.75) is 26.3 Å².